The minimum absolute atomic E-state index is 0.204. The van der Waals surface area contributed by atoms with Crippen molar-refractivity contribution < 1.29 is 4.39 Å². The fourth-order valence-electron chi connectivity index (χ4n) is 1.94. The van der Waals surface area contributed by atoms with E-state index in [0.717, 1.165) is 38.9 Å². The molecule has 0 unspecified atom stereocenters. The Morgan fingerprint density at radius 2 is 1.95 bits per heavy atom. The van der Waals surface area contributed by atoms with Crippen molar-refractivity contribution in [1.82, 2.24) is 4.98 Å². The van der Waals surface area contributed by atoms with Gasteiger partial charge in [0.05, 0.1) is 10.2 Å². The van der Waals surface area contributed by atoms with Crippen LogP contribution in [0.5, 0.6) is 0 Å². The van der Waals surface area contributed by atoms with E-state index in [2.05, 4.69) is 10.3 Å². The van der Waals surface area contributed by atoms with E-state index in [1.54, 1.807) is 23.5 Å². The highest BCUT2D eigenvalue weighted by Crippen LogP contribution is 2.28. The Morgan fingerprint density at radius 1 is 1.15 bits per heavy atom. The maximum Gasteiger partial charge on any atom is 0.183 e. The molecule has 0 fully saturated rings. The predicted molar refractivity (Wildman–Crippen MR) is 83.2 cm³/mol. The van der Waals surface area contributed by atoms with Gasteiger partial charge in [-0.15, -0.1) is 0 Å². The van der Waals surface area contributed by atoms with Crippen LogP contribution < -0.4 is 5.32 Å². The molecule has 102 valence electrons. The molecule has 0 atom stereocenters. The van der Waals surface area contributed by atoms with Crippen LogP contribution in [0.15, 0.2) is 42.5 Å². The van der Waals surface area contributed by atoms with Gasteiger partial charge in [-0.3, -0.25) is 0 Å². The zero-order valence-electron chi connectivity index (χ0n) is 10.6. The third-order valence-corrected chi connectivity index (χ3v) is 4.16. The Kier molecular flexibility index (Phi) is 3.85. The summed E-state index contributed by atoms with van der Waals surface area (Å²) in [6, 6.07) is 12.2. The van der Waals surface area contributed by atoms with Crippen LogP contribution in [0.4, 0.5) is 9.52 Å². The molecule has 20 heavy (non-hydrogen) atoms. The van der Waals surface area contributed by atoms with Gasteiger partial charge in [0, 0.05) is 11.6 Å². The largest absolute Gasteiger partial charge is 0.361 e. The molecule has 3 rings (SSSR count). The van der Waals surface area contributed by atoms with Crippen LogP contribution in [0.3, 0.4) is 0 Å². The Morgan fingerprint density at radius 3 is 2.75 bits per heavy atom. The highest BCUT2D eigenvalue weighted by molar-refractivity contribution is 7.22. The van der Waals surface area contributed by atoms with E-state index < -0.39 is 0 Å². The number of hydrogen-bond donors (Lipinski definition) is 1. The first kappa shape index (κ1) is 13.3. The first-order valence-corrected chi connectivity index (χ1v) is 7.44. The van der Waals surface area contributed by atoms with Crippen LogP contribution in [0.25, 0.3) is 10.2 Å². The van der Waals surface area contributed by atoms with Gasteiger partial charge >= 0.3 is 0 Å². The van der Waals surface area contributed by atoms with Gasteiger partial charge in [0.2, 0.25) is 0 Å². The molecular weight excluding hydrogens is 295 g/mol. The van der Waals surface area contributed by atoms with Crippen molar-refractivity contribution in [2.24, 2.45) is 0 Å². The molecule has 0 aliphatic rings. The van der Waals surface area contributed by atoms with Crippen molar-refractivity contribution in [3.05, 3.63) is 58.9 Å². The number of aromatic nitrogens is 1. The molecule has 0 aliphatic carbocycles. The molecule has 3 aromatic rings. The summed E-state index contributed by atoms with van der Waals surface area (Å²) in [7, 11) is 0. The topological polar surface area (TPSA) is 24.9 Å². The van der Waals surface area contributed by atoms with E-state index in [9.17, 15) is 4.39 Å². The second-order valence-corrected chi connectivity index (χ2v) is 5.90. The van der Waals surface area contributed by atoms with E-state index >= 15 is 0 Å². The fraction of sp³-hybridized carbons (Fsp3) is 0.133. The van der Waals surface area contributed by atoms with Gasteiger partial charge < -0.3 is 5.32 Å². The SMILES string of the molecule is Fc1ccc(CCNc2nc3ccc(Cl)cc3s2)cc1. The molecule has 0 saturated heterocycles. The van der Waals surface area contributed by atoms with Gasteiger partial charge in [0.1, 0.15) is 5.82 Å². The van der Waals surface area contributed by atoms with E-state index in [4.69, 9.17) is 11.6 Å². The highest BCUT2D eigenvalue weighted by atomic mass is 35.5. The summed E-state index contributed by atoms with van der Waals surface area (Å²) in [5, 5.41) is 4.89. The lowest BCUT2D eigenvalue weighted by molar-refractivity contribution is 0.627. The van der Waals surface area contributed by atoms with Gasteiger partial charge in [-0.25, -0.2) is 9.37 Å². The molecule has 0 radical (unpaired) electrons. The average molecular weight is 307 g/mol. The van der Waals surface area contributed by atoms with Gasteiger partial charge in [0.15, 0.2) is 5.13 Å². The molecular formula is C15H12ClFN2S. The van der Waals surface area contributed by atoms with Crippen LogP contribution in [0, 0.1) is 5.82 Å². The Bertz CT molecular complexity index is 724. The quantitative estimate of drug-likeness (QED) is 0.753. The Labute approximate surface area is 125 Å². The van der Waals surface area contributed by atoms with Crippen molar-refractivity contribution in [3.8, 4) is 0 Å². The maximum atomic E-state index is 12.8. The number of nitrogens with zero attached hydrogens (tertiary/aromatic N) is 1. The molecule has 1 heterocycles. The molecule has 0 aliphatic heterocycles. The lowest BCUT2D eigenvalue weighted by Gasteiger charge is -2.02. The van der Waals surface area contributed by atoms with E-state index in [1.807, 2.05) is 18.2 Å². The lowest BCUT2D eigenvalue weighted by atomic mass is 10.1. The van der Waals surface area contributed by atoms with E-state index in [-0.39, 0.29) is 5.82 Å². The third-order valence-electron chi connectivity index (χ3n) is 2.95. The third kappa shape index (κ3) is 3.08. The number of thiazole rings is 1. The predicted octanol–water partition coefficient (Wildman–Crippen LogP) is 4.74. The van der Waals surface area contributed by atoms with Gasteiger partial charge in [-0.05, 0) is 42.3 Å². The summed E-state index contributed by atoms with van der Waals surface area (Å²) in [5.41, 5.74) is 2.05. The van der Waals surface area contributed by atoms with Crippen molar-refractivity contribution in [1.29, 1.82) is 0 Å². The number of benzene rings is 2. The molecule has 0 spiro atoms. The van der Waals surface area contributed by atoms with Crippen molar-refractivity contribution in [2.75, 3.05) is 11.9 Å². The summed E-state index contributed by atoms with van der Waals surface area (Å²) in [6.45, 7) is 0.763. The molecule has 5 heteroatoms. The van der Waals surface area contributed by atoms with Crippen LogP contribution >= 0.6 is 22.9 Å². The number of nitrogens with one attached hydrogen (secondary N) is 1. The number of rotatable bonds is 4. The summed E-state index contributed by atoms with van der Waals surface area (Å²) in [4.78, 5) is 4.49. The Balaban J connectivity index is 1.63. The second-order valence-electron chi connectivity index (χ2n) is 4.43. The maximum absolute atomic E-state index is 12.8. The van der Waals surface area contributed by atoms with Crippen LogP contribution in [-0.2, 0) is 6.42 Å². The van der Waals surface area contributed by atoms with E-state index in [0.29, 0.717) is 0 Å². The summed E-state index contributed by atoms with van der Waals surface area (Å²) < 4.78 is 13.9. The zero-order chi connectivity index (χ0) is 13.9. The number of hydrogen-bond acceptors (Lipinski definition) is 3. The first-order valence-electron chi connectivity index (χ1n) is 6.25. The van der Waals surface area contributed by atoms with Crippen molar-refractivity contribution in [3.63, 3.8) is 0 Å². The normalized spacial score (nSPS) is 10.9. The molecule has 1 aromatic heterocycles. The smallest absolute Gasteiger partial charge is 0.183 e. The molecule has 0 amide bonds. The number of fused-ring (bicyclic) bond motifs is 1. The van der Waals surface area contributed by atoms with Gasteiger partial charge in [0.25, 0.3) is 0 Å². The summed E-state index contributed by atoms with van der Waals surface area (Å²) in [5.74, 6) is -0.204. The monoisotopic (exact) mass is 306 g/mol. The fourth-order valence-corrected chi connectivity index (χ4v) is 3.11. The lowest BCUT2D eigenvalue weighted by Crippen LogP contribution is -2.04. The summed E-state index contributed by atoms with van der Waals surface area (Å²) in [6.07, 6.45) is 0.830. The van der Waals surface area contributed by atoms with Crippen LogP contribution in [0.1, 0.15) is 5.56 Å². The van der Waals surface area contributed by atoms with Crippen molar-refractivity contribution in [2.45, 2.75) is 6.42 Å². The number of anilines is 1. The molecule has 2 aromatic carbocycles. The molecule has 1 N–H and O–H groups in total. The molecule has 0 bridgehead atoms. The minimum Gasteiger partial charge on any atom is -0.361 e. The van der Waals surface area contributed by atoms with Crippen molar-refractivity contribution >= 4 is 38.3 Å². The van der Waals surface area contributed by atoms with Crippen LogP contribution in [0.2, 0.25) is 5.02 Å². The highest BCUT2D eigenvalue weighted by Gasteiger charge is 2.03. The minimum atomic E-state index is -0.204. The summed E-state index contributed by atoms with van der Waals surface area (Å²) >= 11 is 7.54. The van der Waals surface area contributed by atoms with Crippen LogP contribution in [-0.4, -0.2) is 11.5 Å². The van der Waals surface area contributed by atoms with Gasteiger partial charge in [-0.1, -0.05) is 35.1 Å². The zero-order valence-corrected chi connectivity index (χ0v) is 12.1. The van der Waals surface area contributed by atoms with E-state index in [1.165, 1.54) is 12.1 Å². The molecule has 0 saturated carbocycles. The second kappa shape index (κ2) is 5.77. The van der Waals surface area contributed by atoms with Gasteiger partial charge in [-0.2, -0.15) is 0 Å². The Hall–Kier alpha value is -1.65. The first-order chi connectivity index (χ1) is 9.70. The number of halogens is 2. The molecule has 2 nitrogen and oxygen atoms in total. The standard InChI is InChI=1S/C15H12ClFN2S/c16-11-3-6-13-14(9-11)20-15(19-13)18-8-7-10-1-4-12(17)5-2-10/h1-6,9H,7-8H2,(H,18,19). The average Bonchev–Trinajstić information content (AvgIpc) is 2.83.